The third-order valence-electron chi connectivity index (χ3n) is 4.64. The van der Waals surface area contributed by atoms with Crippen molar-refractivity contribution >= 4 is 27.5 Å². The first-order valence-corrected chi connectivity index (χ1v) is 9.24. The van der Waals surface area contributed by atoms with Crippen molar-refractivity contribution in [3.63, 3.8) is 0 Å². The number of rotatable bonds is 4. The first-order valence-electron chi connectivity index (χ1n) is 8.45. The third kappa shape index (κ3) is 4.46. The van der Waals surface area contributed by atoms with Gasteiger partial charge in [0.25, 0.3) is 0 Å². The molecule has 0 bridgehead atoms. The summed E-state index contributed by atoms with van der Waals surface area (Å²) in [6.45, 7) is 4.97. The third-order valence-corrected chi connectivity index (χ3v) is 5.17. The molecule has 1 heterocycles. The molecule has 1 N–H and O–H groups in total. The SMILES string of the molecule is Cc1ccccc1CN1CCCC(C(=O)Nc2ccc(Br)cc2)C1. The molecule has 4 heteroatoms. The quantitative estimate of drug-likeness (QED) is 0.831. The molecular formula is C20H23BrN2O. The lowest BCUT2D eigenvalue weighted by Crippen LogP contribution is -2.40. The smallest absolute Gasteiger partial charge is 0.228 e. The molecule has 1 atom stereocenters. The average molecular weight is 387 g/mol. The molecule has 126 valence electrons. The van der Waals surface area contributed by atoms with Crippen LogP contribution >= 0.6 is 15.9 Å². The van der Waals surface area contributed by atoms with E-state index in [1.165, 1.54) is 11.1 Å². The standard InChI is InChI=1S/C20H23BrN2O/c1-15-5-2-3-6-16(15)13-23-12-4-7-17(14-23)20(24)22-19-10-8-18(21)9-11-19/h2-3,5-6,8-11,17H,4,7,12-14H2,1H3,(H,22,24). The van der Waals surface area contributed by atoms with Gasteiger partial charge in [0.15, 0.2) is 0 Å². The summed E-state index contributed by atoms with van der Waals surface area (Å²) >= 11 is 3.41. The molecule has 0 aromatic heterocycles. The molecule has 1 saturated heterocycles. The van der Waals surface area contributed by atoms with Gasteiger partial charge in [0.2, 0.25) is 5.91 Å². The average Bonchev–Trinajstić information content (AvgIpc) is 2.59. The molecule has 1 aliphatic heterocycles. The molecule has 1 unspecified atom stereocenters. The van der Waals surface area contributed by atoms with Crippen LogP contribution in [0.1, 0.15) is 24.0 Å². The Labute approximate surface area is 152 Å². The van der Waals surface area contributed by atoms with E-state index in [1.807, 2.05) is 24.3 Å². The van der Waals surface area contributed by atoms with E-state index in [0.717, 1.165) is 42.6 Å². The second kappa shape index (κ2) is 7.95. The highest BCUT2D eigenvalue weighted by molar-refractivity contribution is 9.10. The van der Waals surface area contributed by atoms with E-state index in [1.54, 1.807) is 0 Å². The fourth-order valence-electron chi connectivity index (χ4n) is 3.22. The van der Waals surface area contributed by atoms with Crippen LogP contribution < -0.4 is 5.32 Å². The van der Waals surface area contributed by atoms with Crippen molar-refractivity contribution in [3.8, 4) is 0 Å². The van der Waals surface area contributed by atoms with Gasteiger partial charge in [-0.15, -0.1) is 0 Å². The predicted octanol–water partition coefficient (Wildman–Crippen LogP) is 4.61. The number of carbonyl (C=O) groups excluding carboxylic acids is 1. The molecule has 1 aliphatic rings. The number of nitrogens with one attached hydrogen (secondary N) is 1. The van der Waals surface area contributed by atoms with Gasteiger partial charge in [0, 0.05) is 23.2 Å². The van der Waals surface area contributed by atoms with Crippen molar-refractivity contribution < 1.29 is 4.79 Å². The lowest BCUT2D eigenvalue weighted by Gasteiger charge is -2.32. The molecule has 0 saturated carbocycles. The van der Waals surface area contributed by atoms with Crippen LogP contribution in [0.15, 0.2) is 53.0 Å². The van der Waals surface area contributed by atoms with Crippen LogP contribution in [0.2, 0.25) is 0 Å². The highest BCUT2D eigenvalue weighted by Gasteiger charge is 2.26. The second-order valence-corrected chi connectivity index (χ2v) is 7.41. The zero-order valence-electron chi connectivity index (χ0n) is 14.0. The monoisotopic (exact) mass is 386 g/mol. The summed E-state index contributed by atoms with van der Waals surface area (Å²) in [5.74, 6) is 0.193. The van der Waals surface area contributed by atoms with E-state index >= 15 is 0 Å². The maximum Gasteiger partial charge on any atom is 0.228 e. The summed E-state index contributed by atoms with van der Waals surface area (Å²) in [7, 11) is 0. The number of hydrogen-bond donors (Lipinski definition) is 1. The minimum absolute atomic E-state index is 0.0615. The molecule has 1 amide bonds. The van der Waals surface area contributed by atoms with Crippen molar-refractivity contribution in [1.82, 2.24) is 4.90 Å². The highest BCUT2D eigenvalue weighted by Crippen LogP contribution is 2.22. The van der Waals surface area contributed by atoms with Crippen LogP contribution in [0.4, 0.5) is 5.69 Å². The Balaban J connectivity index is 1.59. The van der Waals surface area contributed by atoms with E-state index in [2.05, 4.69) is 57.3 Å². The first kappa shape index (κ1) is 17.2. The Morgan fingerprint density at radius 3 is 2.71 bits per heavy atom. The summed E-state index contributed by atoms with van der Waals surface area (Å²) in [6.07, 6.45) is 2.04. The number of carbonyl (C=O) groups is 1. The Morgan fingerprint density at radius 2 is 1.96 bits per heavy atom. The molecule has 2 aromatic carbocycles. The number of hydrogen-bond acceptors (Lipinski definition) is 2. The van der Waals surface area contributed by atoms with Crippen LogP contribution in [0.5, 0.6) is 0 Å². The number of amides is 1. The summed E-state index contributed by atoms with van der Waals surface area (Å²) in [4.78, 5) is 15.0. The number of nitrogens with zero attached hydrogens (tertiary/aromatic N) is 1. The number of benzene rings is 2. The van der Waals surface area contributed by atoms with Crippen LogP contribution in [-0.4, -0.2) is 23.9 Å². The number of anilines is 1. The normalized spacial score (nSPS) is 18.3. The van der Waals surface area contributed by atoms with Gasteiger partial charge in [-0.25, -0.2) is 0 Å². The Kier molecular flexibility index (Phi) is 5.69. The highest BCUT2D eigenvalue weighted by atomic mass is 79.9. The number of piperidine rings is 1. The Bertz CT molecular complexity index is 699. The van der Waals surface area contributed by atoms with Crippen LogP contribution in [0, 0.1) is 12.8 Å². The minimum Gasteiger partial charge on any atom is -0.326 e. The summed E-state index contributed by atoms with van der Waals surface area (Å²) in [6, 6.07) is 16.2. The molecule has 0 radical (unpaired) electrons. The molecule has 0 spiro atoms. The number of aryl methyl sites for hydroxylation is 1. The topological polar surface area (TPSA) is 32.3 Å². The van der Waals surface area contributed by atoms with E-state index in [-0.39, 0.29) is 11.8 Å². The molecule has 2 aromatic rings. The van der Waals surface area contributed by atoms with E-state index in [9.17, 15) is 4.79 Å². The Hall–Kier alpha value is -1.65. The van der Waals surface area contributed by atoms with Crippen molar-refractivity contribution in [1.29, 1.82) is 0 Å². The zero-order chi connectivity index (χ0) is 16.9. The van der Waals surface area contributed by atoms with Gasteiger partial charge >= 0.3 is 0 Å². The fraction of sp³-hybridized carbons (Fsp3) is 0.350. The lowest BCUT2D eigenvalue weighted by atomic mass is 9.96. The maximum absolute atomic E-state index is 12.6. The zero-order valence-corrected chi connectivity index (χ0v) is 15.6. The minimum atomic E-state index is 0.0615. The lowest BCUT2D eigenvalue weighted by molar-refractivity contribution is -0.121. The summed E-state index contributed by atoms with van der Waals surface area (Å²) < 4.78 is 1.02. The molecule has 3 nitrogen and oxygen atoms in total. The number of halogens is 1. The van der Waals surface area contributed by atoms with E-state index in [4.69, 9.17) is 0 Å². The van der Waals surface area contributed by atoms with Gasteiger partial charge in [-0.05, 0) is 61.7 Å². The van der Waals surface area contributed by atoms with Crippen LogP contribution in [0.25, 0.3) is 0 Å². The van der Waals surface area contributed by atoms with Crippen molar-refractivity contribution in [2.75, 3.05) is 18.4 Å². The van der Waals surface area contributed by atoms with Gasteiger partial charge in [-0.2, -0.15) is 0 Å². The number of likely N-dealkylation sites (tertiary alicyclic amines) is 1. The fourth-order valence-corrected chi connectivity index (χ4v) is 3.48. The predicted molar refractivity (Wildman–Crippen MR) is 102 cm³/mol. The summed E-state index contributed by atoms with van der Waals surface area (Å²) in [5.41, 5.74) is 3.53. The van der Waals surface area contributed by atoms with Crippen LogP contribution in [0.3, 0.4) is 0 Å². The van der Waals surface area contributed by atoms with Gasteiger partial charge in [0.1, 0.15) is 0 Å². The molecule has 0 aliphatic carbocycles. The van der Waals surface area contributed by atoms with Crippen molar-refractivity contribution in [2.45, 2.75) is 26.3 Å². The van der Waals surface area contributed by atoms with Gasteiger partial charge in [0.05, 0.1) is 5.92 Å². The first-order chi connectivity index (χ1) is 11.6. The van der Waals surface area contributed by atoms with Crippen LogP contribution in [-0.2, 0) is 11.3 Å². The molecule has 24 heavy (non-hydrogen) atoms. The largest absolute Gasteiger partial charge is 0.326 e. The molecular weight excluding hydrogens is 364 g/mol. The summed E-state index contributed by atoms with van der Waals surface area (Å²) in [5, 5.41) is 3.05. The van der Waals surface area contributed by atoms with Crippen molar-refractivity contribution in [3.05, 3.63) is 64.1 Å². The maximum atomic E-state index is 12.6. The molecule has 3 rings (SSSR count). The van der Waals surface area contributed by atoms with Gasteiger partial charge in [-0.1, -0.05) is 40.2 Å². The Morgan fingerprint density at radius 1 is 1.21 bits per heavy atom. The van der Waals surface area contributed by atoms with E-state index in [0.29, 0.717) is 0 Å². The van der Waals surface area contributed by atoms with Gasteiger partial charge < -0.3 is 5.32 Å². The second-order valence-electron chi connectivity index (χ2n) is 6.50. The molecule has 1 fully saturated rings. The van der Waals surface area contributed by atoms with Crippen molar-refractivity contribution in [2.24, 2.45) is 5.92 Å². The van der Waals surface area contributed by atoms with E-state index < -0.39 is 0 Å². The van der Waals surface area contributed by atoms with Gasteiger partial charge in [-0.3, -0.25) is 9.69 Å².